The number of methoxy groups -OCH3 is 1. The van der Waals surface area contributed by atoms with Gasteiger partial charge < -0.3 is 10.1 Å². The van der Waals surface area contributed by atoms with E-state index in [4.69, 9.17) is 17.0 Å². The van der Waals surface area contributed by atoms with Crippen LogP contribution in [-0.2, 0) is 20.7 Å². The van der Waals surface area contributed by atoms with E-state index in [9.17, 15) is 14.4 Å². The first kappa shape index (κ1) is 19.8. The average Bonchev–Trinajstić information content (AvgIpc) is 2.60. The van der Waals surface area contributed by atoms with Crippen LogP contribution in [0.5, 0.6) is 0 Å². The number of rotatable bonds is 6. The van der Waals surface area contributed by atoms with Crippen molar-refractivity contribution < 1.29 is 19.1 Å². The van der Waals surface area contributed by atoms with Gasteiger partial charge in [0.1, 0.15) is 0 Å². The molecule has 0 unspecified atom stereocenters. The van der Waals surface area contributed by atoms with E-state index in [-0.39, 0.29) is 48.3 Å². The Bertz CT molecular complexity index is 710. The molecular weight excluding hydrogens is 356 g/mol. The van der Waals surface area contributed by atoms with Crippen LogP contribution in [0.25, 0.3) is 0 Å². The Morgan fingerprint density at radius 2 is 2.04 bits per heavy atom. The summed E-state index contributed by atoms with van der Waals surface area (Å²) < 4.78 is 4.97. The lowest BCUT2D eigenvalue weighted by Gasteiger charge is -2.26. The minimum absolute atomic E-state index is 0.0134. The SMILES string of the molecule is COC[C@H](C)NC(=S)NNC(=O)CCN1C(=O)Cc2ccccc2C1=O. The molecule has 1 aromatic rings. The molecule has 0 aliphatic carbocycles. The van der Waals surface area contributed by atoms with E-state index in [0.29, 0.717) is 17.7 Å². The summed E-state index contributed by atoms with van der Waals surface area (Å²) in [5.41, 5.74) is 6.23. The predicted molar refractivity (Wildman–Crippen MR) is 99.2 cm³/mol. The molecule has 0 saturated carbocycles. The Morgan fingerprint density at radius 1 is 1.31 bits per heavy atom. The molecule has 0 fully saturated rings. The lowest BCUT2D eigenvalue weighted by Crippen LogP contribution is -2.51. The van der Waals surface area contributed by atoms with Crippen molar-refractivity contribution in [2.24, 2.45) is 0 Å². The van der Waals surface area contributed by atoms with Crippen molar-refractivity contribution in [3.05, 3.63) is 35.4 Å². The Morgan fingerprint density at radius 3 is 2.77 bits per heavy atom. The highest BCUT2D eigenvalue weighted by Gasteiger charge is 2.30. The second-order valence-electron chi connectivity index (χ2n) is 5.94. The molecule has 1 aliphatic rings. The second kappa shape index (κ2) is 9.25. The summed E-state index contributed by atoms with van der Waals surface area (Å²) in [5, 5.41) is 3.18. The van der Waals surface area contributed by atoms with Crippen molar-refractivity contribution in [2.45, 2.75) is 25.8 Å². The summed E-state index contributed by atoms with van der Waals surface area (Å²) in [4.78, 5) is 37.6. The summed E-state index contributed by atoms with van der Waals surface area (Å²) in [6.45, 7) is 2.36. The zero-order chi connectivity index (χ0) is 19.1. The van der Waals surface area contributed by atoms with Crippen LogP contribution in [0.1, 0.15) is 29.3 Å². The molecule has 140 valence electrons. The van der Waals surface area contributed by atoms with Gasteiger partial charge >= 0.3 is 0 Å². The van der Waals surface area contributed by atoms with Crippen LogP contribution < -0.4 is 16.2 Å². The molecule has 1 aromatic carbocycles. The zero-order valence-corrected chi connectivity index (χ0v) is 15.5. The number of carbonyl (C=O) groups excluding carboxylic acids is 3. The number of benzene rings is 1. The van der Waals surface area contributed by atoms with Crippen LogP contribution in [0, 0.1) is 0 Å². The maximum atomic E-state index is 12.4. The number of hydrogen-bond donors (Lipinski definition) is 3. The molecule has 1 aliphatic heterocycles. The maximum absolute atomic E-state index is 12.4. The van der Waals surface area contributed by atoms with Crippen LogP contribution in [0.15, 0.2) is 24.3 Å². The molecule has 3 N–H and O–H groups in total. The van der Waals surface area contributed by atoms with Crippen molar-refractivity contribution in [1.29, 1.82) is 0 Å². The number of hydrazine groups is 1. The average molecular weight is 378 g/mol. The fourth-order valence-electron chi connectivity index (χ4n) is 2.58. The van der Waals surface area contributed by atoms with Gasteiger partial charge in [-0.15, -0.1) is 0 Å². The lowest BCUT2D eigenvalue weighted by atomic mass is 9.98. The first-order valence-corrected chi connectivity index (χ1v) is 8.60. The van der Waals surface area contributed by atoms with Crippen LogP contribution in [0.3, 0.4) is 0 Å². The van der Waals surface area contributed by atoms with Crippen molar-refractivity contribution in [2.75, 3.05) is 20.3 Å². The topological polar surface area (TPSA) is 99.8 Å². The van der Waals surface area contributed by atoms with Gasteiger partial charge in [0.2, 0.25) is 11.8 Å². The van der Waals surface area contributed by atoms with Gasteiger partial charge in [-0.05, 0) is 30.8 Å². The van der Waals surface area contributed by atoms with Gasteiger partial charge in [-0.25, -0.2) is 0 Å². The number of nitrogens with one attached hydrogen (secondary N) is 3. The highest BCUT2D eigenvalue weighted by molar-refractivity contribution is 7.80. The first-order chi connectivity index (χ1) is 12.4. The highest BCUT2D eigenvalue weighted by atomic mass is 32.1. The van der Waals surface area contributed by atoms with Gasteiger partial charge in [0.25, 0.3) is 5.91 Å². The van der Waals surface area contributed by atoms with Crippen LogP contribution in [0.4, 0.5) is 0 Å². The Balaban J connectivity index is 1.79. The molecule has 8 nitrogen and oxygen atoms in total. The van der Waals surface area contributed by atoms with Gasteiger partial charge in [-0.3, -0.25) is 30.1 Å². The van der Waals surface area contributed by atoms with E-state index in [2.05, 4.69) is 16.2 Å². The molecule has 1 atom stereocenters. The third-order valence-electron chi connectivity index (χ3n) is 3.81. The molecule has 0 aromatic heterocycles. The fourth-order valence-corrected chi connectivity index (χ4v) is 2.83. The number of hydrogen-bond acceptors (Lipinski definition) is 5. The van der Waals surface area contributed by atoms with E-state index in [1.807, 2.05) is 6.92 Å². The van der Waals surface area contributed by atoms with E-state index < -0.39 is 0 Å². The summed E-state index contributed by atoms with van der Waals surface area (Å²) in [7, 11) is 1.58. The molecule has 3 amide bonds. The van der Waals surface area contributed by atoms with Crippen LogP contribution in [-0.4, -0.2) is 54.0 Å². The third kappa shape index (κ3) is 5.24. The fraction of sp³-hybridized carbons (Fsp3) is 0.412. The van der Waals surface area contributed by atoms with Gasteiger partial charge in [-0.1, -0.05) is 18.2 Å². The van der Waals surface area contributed by atoms with Crippen LogP contribution >= 0.6 is 12.2 Å². The number of amides is 3. The number of imide groups is 1. The van der Waals surface area contributed by atoms with E-state index in [1.54, 1.807) is 31.4 Å². The molecule has 0 bridgehead atoms. The summed E-state index contributed by atoms with van der Waals surface area (Å²) in [6, 6.07) is 6.97. The highest BCUT2D eigenvalue weighted by Crippen LogP contribution is 2.19. The summed E-state index contributed by atoms with van der Waals surface area (Å²) in [6.07, 6.45) is 0.135. The maximum Gasteiger partial charge on any atom is 0.260 e. The van der Waals surface area contributed by atoms with E-state index in [0.717, 1.165) is 4.90 Å². The minimum atomic E-state index is -0.381. The van der Waals surface area contributed by atoms with Gasteiger partial charge in [0.15, 0.2) is 5.11 Å². The number of carbonyl (C=O) groups is 3. The van der Waals surface area contributed by atoms with Gasteiger partial charge in [0.05, 0.1) is 13.0 Å². The van der Waals surface area contributed by atoms with Crippen LogP contribution in [0.2, 0.25) is 0 Å². The molecule has 0 saturated heterocycles. The van der Waals surface area contributed by atoms with Gasteiger partial charge in [0, 0.05) is 31.7 Å². The Labute approximate surface area is 157 Å². The Kier molecular flexibility index (Phi) is 7.05. The van der Waals surface area contributed by atoms with E-state index in [1.165, 1.54) is 0 Å². The zero-order valence-electron chi connectivity index (χ0n) is 14.7. The molecule has 0 spiro atoms. The minimum Gasteiger partial charge on any atom is -0.383 e. The lowest BCUT2D eigenvalue weighted by molar-refractivity contribution is -0.129. The van der Waals surface area contributed by atoms with Crippen molar-refractivity contribution in [1.82, 2.24) is 21.1 Å². The van der Waals surface area contributed by atoms with Crippen molar-refractivity contribution in [3.8, 4) is 0 Å². The second-order valence-corrected chi connectivity index (χ2v) is 6.35. The molecular formula is C17H22N4O4S. The molecule has 0 radical (unpaired) electrons. The third-order valence-corrected chi connectivity index (χ3v) is 4.03. The number of fused-ring (bicyclic) bond motifs is 1. The van der Waals surface area contributed by atoms with Gasteiger partial charge in [-0.2, -0.15) is 0 Å². The molecule has 26 heavy (non-hydrogen) atoms. The quantitative estimate of drug-likeness (QED) is 0.368. The summed E-state index contributed by atoms with van der Waals surface area (Å²) in [5.74, 6) is -1.06. The standard InChI is InChI=1S/C17H22N4O4S/c1-11(10-25-2)18-17(26)20-19-14(22)7-8-21-15(23)9-12-5-3-4-6-13(12)16(21)24/h3-6,11H,7-10H2,1-2H3,(H,19,22)(H2,18,20,26)/t11-/m0/s1. The molecule has 9 heteroatoms. The molecule has 1 heterocycles. The number of thiocarbonyl (C=S) groups is 1. The molecule has 2 rings (SSSR count). The number of ether oxygens (including phenoxy) is 1. The largest absolute Gasteiger partial charge is 0.383 e. The smallest absolute Gasteiger partial charge is 0.260 e. The van der Waals surface area contributed by atoms with Crippen molar-refractivity contribution in [3.63, 3.8) is 0 Å². The summed E-state index contributed by atoms with van der Waals surface area (Å²) >= 11 is 5.04. The predicted octanol–water partition coefficient (Wildman–Crippen LogP) is 0.132. The van der Waals surface area contributed by atoms with Crippen molar-refractivity contribution >= 4 is 35.1 Å². The van der Waals surface area contributed by atoms with E-state index >= 15 is 0 Å². The normalized spacial score (nSPS) is 14.5. The Hall–Kier alpha value is -2.52. The monoisotopic (exact) mass is 378 g/mol. The number of nitrogens with zero attached hydrogens (tertiary/aromatic N) is 1. The first-order valence-electron chi connectivity index (χ1n) is 8.19.